The van der Waals surface area contributed by atoms with E-state index in [1.165, 1.54) is 0 Å². The summed E-state index contributed by atoms with van der Waals surface area (Å²) in [6, 6.07) is 1.06. The quantitative estimate of drug-likeness (QED) is 0.230. The molecule has 2 aliphatic heterocycles. The Hall–Kier alpha value is -2.79. The van der Waals surface area contributed by atoms with Crippen molar-refractivity contribution in [3.8, 4) is 0 Å². The third-order valence-electron chi connectivity index (χ3n) is 6.16. The molecule has 182 valence electrons. The van der Waals surface area contributed by atoms with Crippen LogP contribution in [0.4, 0.5) is 5.95 Å². The largest absolute Gasteiger partial charge is 0.377 e. The van der Waals surface area contributed by atoms with Gasteiger partial charge in [0.15, 0.2) is 0 Å². The van der Waals surface area contributed by atoms with E-state index in [1.807, 2.05) is 4.90 Å². The lowest BCUT2D eigenvalue weighted by Crippen LogP contribution is -2.61. The molecule has 11 heteroatoms. The van der Waals surface area contributed by atoms with Gasteiger partial charge in [-0.25, -0.2) is 15.0 Å². The normalized spacial score (nSPS) is 19.8. The van der Waals surface area contributed by atoms with E-state index in [2.05, 4.69) is 16.9 Å². The average Bonchev–Trinajstić information content (AvgIpc) is 2.88. The highest BCUT2D eigenvalue weighted by molar-refractivity contribution is 5.89. The lowest BCUT2D eigenvalue weighted by molar-refractivity contribution is -0.164. The first-order chi connectivity index (χ1) is 16.0. The zero-order valence-electron chi connectivity index (χ0n) is 19.2. The van der Waals surface area contributed by atoms with Crippen LogP contribution < -0.4 is 4.90 Å². The van der Waals surface area contributed by atoms with Gasteiger partial charge in [0.2, 0.25) is 24.2 Å². The summed E-state index contributed by atoms with van der Waals surface area (Å²) in [6.07, 6.45) is 7.00. The summed E-state index contributed by atoms with van der Waals surface area (Å²) in [6.45, 7) is 5.02. The number of carbonyl (C=O) groups is 3. The summed E-state index contributed by atoms with van der Waals surface area (Å²) >= 11 is 0. The Balaban J connectivity index is 1.64. The van der Waals surface area contributed by atoms with Crippen molar-refractivity contribution in [2.45, 2.75) is 38.6 Å². The van der Waals surface area contributed by atoms with Gasteiger partial charge in [0.25, 0.3) is 0 Å². The van der Waals surface area contributed by atoms with Crippen LogP contribution in [0.15, 0.2) is 18.5 Å². The van der Waals surface area contributed by atoms with Crippen molar-refractivity contribution in [2.75, 3.05) is 57.4 Å². The van der Waals surface area contributed by atoms with Crippen LogP contribution in [0.2, 0.25) is 0 Å². The zero-order chi connectivity index (χ0) is 23.6. The number of nitrogens with zero attached hydrogens (tertiary/aromatic N) is 6. The second-order valence-electron chi connectivity index (χ2n) is 8.40. The molecule has 3 heterocycles. The minimum absolute atomic E-state index is 0.0833. The Morgan fingerprint density at radius 2 is 1.94 bits per heavy atom. The molecular weight excluding hydrogens is 428 g/mol. The van der Waals surface area contributed by atoms with Crippen LogP contribution in [0.1, 0.15) is 32.6 Å². The predicted molar refractivity (Wildman–Crippen MR) is 119 cm³/mol. The van der Waals surface area contributed by atoms with Gasteiger partial charge >= 0.3 is 0 Å². The van der Waals surface area contributed by atoms with Crippen LogP contribution >= 0.6 is 0 Å². The predicted octanol–water partition coefficient (Wildman–Crippen LogP) is 0.397. The fourth-order valence-corrected chi connectivity index (χ4v) is 4.30. The van der Waals surface area contributed by atoms with Gasteiger partial charge in [0.05, 0.1) is 25.7 Å². The van der Waals surface area contributed by atoms with Crippen molar-refractivity contribution in [3.05, 3.63) is 18.5 Å². The van der Waals surface area contributed by atoms with Gasteiger partial charge in [-0.1, -0.05) is 26.2 Å². The molecule has 0 bridgehead atoms. The molecule has 0 unspecified atom stereocenters. The second kappa shape index (κ2) is 12.4. The molecule has 2 aliphatic rings. The minimum Gasteiger partial charge on any atom is -0.377 e. The molecule has 1 aromatic heterocycles. The molecule has 1 N–H and O–H groups in total. The number of aromatic nitrogens is 2. The standard InChI is InChI=1S/C22H34N6O5/c1-2-3-4-6-18(15-27(32)17-29)20(30)28-13-14-33-16-19(28)21(31)25-9-11-26(12-10-25)22-23-7-5-8-24-22/h5,7-8,17-19,32H,2-4,6,9-16H2,1H3/t18-,19+/m1/s1. The van der Waals surface area contributed by atoms with Crippen LogP contribution in [-0.4, -0.2) is 107 Å². The molecule has 1 aromatic rings. The summed E-state index contributed by atoms with van der Waals surface area (Å²) in [4.78, 5) is 51.6. The van der Waals surface area contributed by atoms with E-state index < -0.39 is 12.0 Å². The van der Waals surface area contributed by atoms with Gasteiger partial charge in [-0.05, 0) is 12.5 Å². The first-order valence-electron chi connectivity index (χ1n) is 11.6. The fourth-order valence-electron chi connectivity index (χ4n) is 4.30. The van der Waals surface area contributed by atoms with Gasteiger partial charge in [-0.15, -0.1) is 0 Å². The number of rotatable bonds is 10. The molecule has 0 spiro atoms. The molecule has 2 saturated heterocycles. The van der Waals surface area contributed by atoms with Crippen LogP contribution in [0, 0.1) is 5.92 Å². The molecule has 11 nitrogen and oxygen atoms in total. The molecule has 0 aliphatic carbocycles. The second-order valence-corrected chi connectivity index (χ2v) is 8.40. The van der Waals surface area contributed by atoms with E-state index in [1.54, 1.807) is 28.3 Å². The topological polar surface area (TPSA) is 119 Å². The van der Waals surface area contributed by atoms with Crippen LogP contribution in [0.5, 0.6) is 0 Å². The number of hydrogen-bond acceptors (Lipinski definition) is 8. The smallest absolute Gasteiger partial charge is 0.247 e. The van der Waals surface area contributed by atoms with Crippen molar-refractivity contribution >= 4 is 24.2 Å². The lowest BCUT2D eigenvalue weighted by atomic mass is 9.98. The Bertz CT molecular complexity index is 774. The Labute approximate surface area is 194 Å². The number of ether oxygens (including phenoxy) is 1. The van der Waals surface area contributed by atoms with Crippen molar-refractivity contribution in [2.24, 2.45) is 5.92 Å². The number of carbonyl (C=O) groups excluding carboxylic acids is 3. The number of morpholine rings is 1. The highest BCUT2D eigenvalue weighted by Gasteiger charge is 2.39. The molecule has 3 amide bonds. The van der Waals surface area contributed by atoms with Crippen molar-refractivity contribution in [1.82, 2.24) is 24.8 Å². The van der Waals surface area contributed by atoms with Gasteiger partial charge in [0, 0.05) is 45.1 Å². The molecule has 2 fully saturated rings. The van der Waals surface area contributed by atoms with Gasteiger partial charge in [-0.3, -0.25) is 19.6 Å². The number of anilines is 1. The van der Waals surface area contributed by atoms with E-state index >= 15 is 0 Å². The number of unbranched alkanes of at least 4 members (excludes halogenated alkanes) is 2. The van der Waals surface area contributed by atoms with Crippen molar-refractivity contribution < 1.29 is 24.3 Å². The first kappa shape index (κ1) is 24.8. The van der Waals surface area contributed by atoms with Crippen LogP contribution in [0.25, 0.3) is 0 Å². The van der Waals surface area contributed by atoms with Gasteiger partial charge in [0.1, 0.15) is 6.04 Å². The minimum atomic E-state index is -0.706. The molecule has 0 saturated carbocycles. The van der Waals surface area contributed by atoms with Crippen molar-refractivity contribution in [3.63, 3.8) is 0 Å². The van der Waals surface area contributed by atoms with Crippen LogP contribution in [0.3, 0.4) is 0 Å². The summed E-state index contributed by atoms with van der Waals surface area (Å²) in [5.41, 5.74) is 0. The Morgan fingerprint density at radius 3 is 2.61 bits per heavy atom. The lowest BCUT2D eigenvalue weighted by Gasteiger charge is -2.41. The maximum absolute atomic E-state index is 13.4. The number of hydroxylamine groups is 2. The number of piperazine rings is 1. The first-order valence-corrected chi connectivity index (χ1v) is 11.6. The zero-order valence-corrected chi connectivity index (χ0v) is 19.2. The molecule has 0 radical (unpaired) electrons. The van der Waals surface area contributed by atoms with E-state index in [9.17, 15) is 19.6 Å². The maximum Gasteiger partial charge on any atom is 0.247 e. The monoisotopic (exact) mass is 462 g/mol. The number of hydrogen-bond donors (Lipinski definition) is 1. The highest BCUT2D eigenvalue weighted by atomic mass is 16.5. The van der Waals surface area contributed by atoms with Gasteiger partial charge < -0.3 is 19.4 Å². The fraction of sp³-hybridized carbons (Fsp3) is 0.682. The number of amides is 3. The Morgan fingerprint density at radius 1 is 1.21 bits per heavy atom. The maximum atomic E-state index is 13.4. The highest BCUT2D eigenvalue weighted by Crippen LogP contribution is 2.20. The molecule has 3 rings (SSSR count). The summed E-state index contributed by atoms with van der Waals surface area (Å²) in [7, 11) is 0. The van der Waals surface area contributed by atoms with E-state index in [4.69, 9.17) is 4.74 Å². The van der Waals surface area contributed by atoms with E-state index in [0.717, 1.165) is 19.3 Å². The third kappa shape index (κ3) is 6.61. The van der Waals surface area contributed by atoms with Crippen LogP contribution in [-0.2, 0) is 19.1 Å². The average molecular weight is 463 g/mol. The molecule has 33 heavy (non-hydrogen) atoms. The summed E-state index contributed by atoms with van der Waals surface area (Å²) < 4.78 is 5.56. The SMILES string of the molecule is CCCCC[C@H](CN(O)C=O)C(=O)N1CCOC[C@H]1C(=O)N1CCN(c2ncccn2)CC1. The Kier molecular flexibility index (Phi) is 9.37. The summed E-state index contributed by atoms with van der Waals surface area (Å²) in [5, 5.41) is 10.2. The van der Waals surface area contributed by atoms with Crippen molar-refractivity contribution in [1.29, 1.82) is 0 Å². The molecule has 0 aromatic carbocycles. The summed E-state index contributed by atoms with van der Waals surface area (Å²) in [5.74, 6) is -0.279. The third-order valence-corrected chi connectivity index (χ3v) is 6.16. The van der Waals surface area contributed by atoms with Gasteiger partial charge in [-0.2, -0.15) is 0 Å². The molecular formula is C22H34N6O5. The van der Waals surface area contributed by atoms with E-state index in [-0.39, 0.29) is 25.0 Å². The molecule has 2 atom stereocenters. The van der Waals surface area contributed by atoms with E-state index in [0.29, 0.717) is 63.2 Å².